The third kappa shape index (κ3) is 9.21. The van der Waals surface area contributed by atoms with Gasteiger partial charge >= 0.3 is 0 Å². The maximum Gasteiger partial charge on any atom is 0.109 e. The van der Waals surface area contributed by atoms with Crippen LogP contribution in [0.2, 0.25) is 0 Å². The molecule has 0 fully saturated rings. The number of nitrogens with zero attached hydrogens (tertiary/aromatic N) is 6. The maximum atomic E-state index is 3.74. The largest absolute Gasteiger partial charge is 0.268 e. The molecule has 80 valence electrons. The molecule has 0 amide bonds. The molecular weight excluding hydrogens is 258 g/mol. The molecule has 3 heterocycles. The number of hydrogen-bond donors (Lipinski definition) is 0. The molecule has 3 aliphatic rings. The zero-order valence-electron chi connectivity index (χ0n) is 8.98. The Balaban J connectivity index is 0.000000205. The molecule has 0 N–H and O–H groups in total. The average molecular weight is 270 g/mol. The van der Waals surface area contributed by atoms with Gasteiger partial charge in [0.1, 0.15) is 19.0 Å². The van der Waals surface area contributed by atoms with E-state index in [1.807, 2.05) is 0 Å². The summed E-state index contributed by atoms with van der Waals surface area (Å²) in [4.78, 5) is 22.2. The number of hydrogen-bond acceptors (Lipinski definition) is 6. The molecule has 3 rings (SSSR count). The van der Waals surface area contributed by atoms with Gasteiger partial charge < -0.3 is 0 Å². The first-order chi connectivity index (χ1) is 7.50. The van der Waals surface area contributed by atoms with Gasteiger partial charge in [-0.05, 0) is 0 Å². The van der Waals surface area contributed by atoms with Crippen molar-refractivity contribution in [3.63, 3.8) is 0 Å². The van der Waals surface area contributed by atoms with Crippen molar-refractivity contribution in [2.45, 2.75) is 0 Å². The van der Waals surface area contributed by atoms with E-state index in [9.17, 15) is 0 Å². The molecule has 16 heavy (non-hydrogen) atoms. The van der Waals surface area contributed by atoms with Gasteiger partial charge in [-0.25, -0.2) is 15.0 Å². The van der Waals surface area contributed by atoms with Gasteiger partial charge in [-0.3, -0.25) is 15.0 Å². The Bertz CT molecular complexity index is 247. The summed E-state index contributed by atoms with van der Waals surface area (Å²) in [6, 6.07) is 0. The van der Waals surface area contributed by atoms with Crippen molar-refractivity contribution in [3.05, 3.63) is 0 Å². The molecule has 0 bridgehead atoms. The Morgan fingerprint density at radius 1 is 0.562 bits per heavy atom. The van der Waals surface area contributed by atoms with Crippen molar-refractivity contribution < 1.29 is 19.5 Å². The van der Waals surface area contributed by atoms with Crippen LogP contribution in [0.4, 0.5) is 0 Å². The Kier molecular flexibility index (Phi) is 10.7. The fourth-order valence-electron chi connectivity index (χ4n) is 0.707. The molecule has 0 aromatic heterocycles. The van der Waals surface area contributed by atoms with Crippen LogP contribution in [0.1, 0.15) is 0 Å². The van der Waals surface area contributed by atoms with Crippen LogP contribution in [0.3, 0.4) is 0 Å². The third-order valence-electron chi connectivity index (χ3n) is 1.32. The Hall–Kier alpha value is -1.36. The van der Waals surface area contributed by atoms with Gasteiger partial charge in [-0.2, -0.15) is 0 Å². The molecule has 0 unspecified atom stereocenters. The minimum Gasteiger partial charge on any atom is -0.268 e. The Morgan fingerprint density at radius 3 is 0.938 bits per heavy atom. The Morgan fingerprint density at radius 2 is 0.875 bits per heavy atom. The van der Waals surface area contributed by atoms with Gasteiger partial charge in [0, 0.05) is 38.1 Å². The van der Waals surface area contributed by atoms with Gasteiger partial charge in [-0.15, -0.1) is 0 Å². The predicted octanol–water partition coefficient (Wildman–Crippen LogP) is 0.295. The summed E-state index contributed by atoms with van der Waals surface area (Å²) >= 11 is 0. The Labute approximate surface area is 107 Å². The van der Waals surface area contributed by atoms with Gasteiger partial charge in [0.2, 0.25) is 0 Å². The summed E-state index contributed by atoms with van der Waals surface area (Å²) in [5, 5.41) is 0. The van der Waals surface area contributed by atoms with Gasteiger partial charge in [-0.1, -0.05) is 0 Å². The van der Waals surface area contributed by atoms with Crippen molar-refractivity contribution in [1.82, 2.24) is 0 Å². The minimum atomic E-state index is 0. The molecule has 6 nitrogen and oxygen atoms in total. The van der Waals surface area contributed by atoms with E-state index in [1.165, 1.54) is 0 Å². The van der Waals surface area contributed by atoms with E-state index in [4.69, 9.17) is 0 Å². The normalized spacial score (nSPS) is 16.5. The molecule has 7 heteroatoms. The fraction of sp³-hybridized carbons (Fsp3) is 0.333. The maximum absolute atomic E-state index is 3.74. The van der Waals surface area contributed by atoms with Crippen LogP contribution < -0.4 is 0 Å². The van der Waals surface area contributed by atoms with Crippen molar-refractivity contribution in [2.24, 2.45) is 30.0 Å². The first-order valence-corrected chi connectivity index (χ1v) is 4.50. The third-order valence-corrected chi connectivity index (χ3v) is 1.32. The van der Waals surface area contributed by atoms with E-state index in [0.29, 0.717) is 0 Å². The summed E-state index contributed by atoms with van der Waals surface area (Å²) in [5.41, 5.74) is 0. The van der Waals surface area contributed by atoms with Gasteiger partial charge in [0.15, 0.2) is 0 Å². The summed E-state index contributed by atoms with van der Waals surface area (Å²) < 4.78 is 0. The van der Waals surface area contributed by atoms with E-state index in [-0.39, 0.29) is 19.5 Å². The quantitative estimate of drug-likeness (QED) is 0.567. The van der Waals surface area contributed by atoms with E-state index < -0.39 is 0 Å². The van der Waals surface area contributed by atoms with Crippen LogP contribution in [0.25, 0.3) is 0 Å². The van der Waals surface area contributed by atoms with Crippen LogP contribution in [0.5, 0.6) is 0 Å². The first kappa shape index (κ1) is 14.6. The van der Waals surface area contributed by atoms with E-state index >= 15 is 0 Å². The van der Waals surface area contributed by atoms with Crippen LogP contribution in [-0.4, -0.2) is 57.3 Å². The second-order valence-electron chi connectivity index (χ2n) is 2.44. The molecule has 0 aliphatic carbocycles. The molecule has 3 aliphatic heterocycles. The molecule has 0 aromatic carbocycles. The van der Waals surface area contributed by atoms with Gasteiger partial charge in [0.05, 0.1) is 19.6 Å². The van der Waals surface area contributed by atoms with Crippen molar-refractivity contribution in [2.75, 3.05) is 19.6 Å². The summed E-state index contributed by atoms with van der Waals surface area (Å²) in [5.74, 6) is 0. The van der Waals surface area contributed by atoms with Crippen molar-refractivity contribution in [1.29, 1.82) is 0 Å². The number of aliphatic imine (C=N–C) groups is 6. The van der Waals surface area contributed by atoms with E-state index in [2.05, 4.69) is 30.0 Å². The molecular formula is C9H12N6Zn. The molecule has 0 spiro atoms. The average Bonchev–Trinajstić information content (AvgIpc) is 3.09. The second kappa shape index (κ2) is 11.7. The van der Waals surface area contributed by atoms with Crippen LogP contribution in [0, 0.1) is 0 Å². The van der Waals surface area contributed by atoms with Crippen molar-refractivity contribution in [3.8, 4) is 0 Å². The van der Waals surface area contributed by atoms with E-state index in [1.54, 1.807) is 37.7 Å². The molecule has 0 saturated carbocycles. The summed E-state index contributed by atoms with van der Waals surface area (Å²) in [6.07, 6.45) is 9.96. The SMILES string of the molecule is C1=NC=NC1.C1=NC=NC1.C1=NC=NC1.[Zn]. The zero-order chi connectivity index (χ0) is 10.6. The van der Waals surface area contributed by atoms with Crippen molar-refractivity contribution >= 4 is 37.7 Å². The fourth-order valence-corrected chi connectivity index (χ4v) is 0.707. The molecule has 0 saturated heterocycles. The van der Waals surface area contributed by atoms with E-state index in [0.717, 1.165) is 19.6 Å². The second-order valence-corrected chi connectivity index (χ2v) is 2.44. The summed E-state index contributed by atoms with van der Waals surface area (Å²) in [7, 11) is 0. The number of rotatable bonds is 0. The standard InChI is InChI=1S/3C3H4N2.Zn/c3*1-2-5-3-4-1;/h3*1,3H,2H2;. The van der Waals surface area contributed by atoms with Gasteiger partial charge in [0.25, 0.3) is 0 Å². The molecule has 0 atom stereocenters. The predicted molar refractivity (Wildman–Crippen MR) is 65.6 cm³/mol. The van der Waals surface area contributed by atoms with Crippen LogP contribution in [0.15, 0.2) is 30.0 Å². The topological polar surface area (TPSA) is 74.2 Å². The smallest absolute Gasteiger partial charge is 0.109 e. The monoisotopic (exact) mass is 268 g/mol. The molecule has 0 radical (unpaired) electrons. The molecule has 0 aromatic rings. The van der Waals surface area contributed by atoms with Crippen LogP contribution >= 0.6 is 0 Å². The first-order valence-electron chi connectivity index (χ1n) is 4.50. The van der Waals surface area contributed by atoms with Crippen LogP contribution in [-0.2, 0) is 19.5 Å². The minimum absolute atomic E-state index is 0. The zero-order valence-corrected chi connectivity index (χ0v) is 11.9. The summed E-state index contributed by atoms with van der Waals surface area (Å²) in [6.45, 7) is 2.33.